The lowest BCUT2D eigenvalue weighted by atomic mass is 10.2. The van der Waals surface area contributed by atoms with E-state index in [1.165, 1.54) is 17.0 Å². The van der Waals surface area contributed by atoms with Crippen molar-refractivity contribution in [2.75, 3.05) is 13.2 Å². The highest BCUT2D eigenvalue weighted by Gasteiger charge is 2.07. The van der Waals surface area contributed by atoms with E-state index in [-0.39, 0.29) is 12.5 Å². The lowest BCUT2D eigenvalue weighted by Gasteiger charge is -2.08. The topological polar surface area (TPSA) is 43.3 Å². The normalized spacial score (nSPS) is 10.5. The molecule has 1 aromatic heterocycles. The predicted octanol–water partition coefficient (Wildman–Crippen LogP) is 3.03. The molecule has 5 heteroatoms. The first-order valence-corrected chi connectivity index (χ1v) is 7.62. The molecule has 0 aliphatic carbocycles. The van der Waals surface area contributed by atoms with E-state index in [2.05, 4.69) is 29.8 Å². The Balaban J connectivity index is 1.73. The number of aromatic nitrogens is 1. The standard InChI is InChI=1S/C17H21ClN2O2/c1-12-10-14(13(2)20(12)3)8-9-19-17(21)11-22-16-6-4-15(18)5-7-16/h4-7,10H,8-9,11H2,1-3H3,(H,19,21). The predicted molar refractivity (Wildman–Crippen MR) is 88.5 cm³/mol. The van der Waals surface area contributed by atoms with Crippen LogP contribution in [0.3, 0.4) is 0 Å². The molecule has 0 spiro atoms. The maximum Gasteiger partial charge on any atom is 0.257 e. The lowest BCUT2D eigenvalue weighted by Crippen LogP contribution is -2.30. The smallest absolute Gasteiger partial charge is 0.257 e. The summed E-state index contributed by atoms with van der Waals surface area (Å²) in [6.07, 6.45) is 0.820. The molecule has 0 aliphatic rings. The van der Waals surface area contributed by atoms with Crippen LogP contribution >= 0.6 is 11.6 Å². The third-order valence-electron chi connectivity index (χ3n) is 3.78. The minimum absolute atomic E-state index is 0.00837. The van der Waals surface area contributed by atoms with Gasteiger partial charge in [0.25, 0.3) is 5.91 Å². The van der Waals surface area contributed by atoms with E-state index in [4.69, 9.17) is 16.3 Å². The van der Waals surface area contributed by atoms with Crippen molar-refractivity contribution in [2.45, 2.75) is 20.3 Å². The Morgan fingerprint density at radius 3 is 2.55 bits per heavy atom. The van der Waals surface area contributed by atoms with Crippen LogP contribution in [-0.4, -0.2) is 23.6 Å². The van der Waals surface area contributed by atoms with Gasteiger partial charge in [0.15, 0.2) is 6.61 Å². The SMILES string of the molecule is Cc1cc(CCNC(=O)COc2ccc(Cl)cc2)c(C)n1C. The largest absolute Gasteiger partial charge is 0.484 e. The fourth-order valence-corrected chi connectivity index (χ4v) is 2.38. The molecular formula is C17H21ClN2O2. The molecule has 0 fully saturated rings. The number of benzene rings is 1. The molecule has 0 saturated heterocycles. The van der Waals surface area contributed by atoms with Crippen LogP contribution in [0.2, 0.25) is 5.02 Å². The van der Waals surface area contributed by atoms with E-state index in [0.29, 0.717) is 17.3 Å². The molecule has 2 rings (SSSR count). The van der Waals surface area contributed by atoms with Crippen molar-refractivity contribution < 1.29 is 9.53 Å². The zero-order valence-electron chi connectivity index (χ0n) is 13.1. The lowest BCUT2D eigenvalue weighted by molar-refractivity contribution is -0.123. The van der Waals surface area contributed by atoms with Crippen LogP contribution in [0.4, 0.5) is 0 Å². The summed E-state index contributed by atoms with van der Waals surface area (Å²) >= 11 is 5.79. The van der Waals surface area contributed by atoms with Gasteiger partial charge in [0.1, 0.15) is 5.75 Å². The molecular weight excluding hydrogens is 300 g/mol. The number of halogens is 1. The number of carbonyl (C=O) groups excluding carboxylic acids is 1. The van der Waals surface area contributed by atoms with Crippen LogP contribution in [-0.2, 0) is 18.3 Å². The highest BCUT2D eigenvalue weighted by molar-refractivity contribution is 6.30. The second-order valence-electron chi connectivity index (χ2n) is 5.30. The molecule has 1 amide bonds. The van der Waals surface area contributed by atoms with Crippen LogP contribution in [0, 0.1) is 13.8 Å². The Hall–Kier alpha value is -1.94. The van der Waals surface area contributed by atoms with E-state index >= 15 is 0 Å². The number of carbonyl (C=O) groups is 1. The molecule has 0 atom stereocenters. The van der Waals surface area contributed by atoms with Gasteiger partial charge in [0.05, 0.1) is 0 Å². The number of nitrogens with one attached hydrogen (secondary N) is 1. The van der Waals surface area contributed by atoms with Crippen LogP contribution in [0.25, 0.3) is 0 Å². The number of hydrogen-bond acceptors (Lipinski definition) is 2. The molecule has 1 aromatic carbocycles. The van der Waals surface area contributed by atoms with Gasteiger partial charge in [-0.2, -0.15) is 0 Å². The second kappa shape index (κ2) is 7.36. The summed E-state index contributed by atoms with van der Waals surface area (Å²) in [6.45, 7) is 4.78. The second-order valence-corrected chi connectivity index (χ2v) is 5.73. The van der Waals surface area contributed by atoms with E-state index in [9.17, 15) is 4.79 Å². The summed E-state index contributed by atoms with van der Waals surface area (Å²) in [6, 6.07) is 9.10. The summed E-state index contributed by atoms with van der Waals surface area (Å²) < 4.78 is 7.55. The maximum absolute atomic E-state index is 11.8. The van der Waals surface area contributed by atoms with Crippen LogP contribution in [0.1, 0.15) is 17.0 Å². The molecule has 1 N–H and O–H groups in total. The zero-order chi connectivity index (χ0) is 16.1. The van der Waals surface area contributed by atoms with Crippen molar-refractivity contribution in [1.29, 1.82) is 0 Å². The van der Waals surface area contributed by atoms with Crippen LogP contribution in [0.15, 0.2) is 30.3 Å². The average molecular weight is 321 g/mol. The number of ether oxygens (including phenoxy) is 1. The fraction of sp³-hybridized carbons (Fsp3) is 0.353. The molecule has 118 valence electrons. The van der Waals surface area contributed by atoms with Gasteiger partial charge in [-0.3, -0.25) is 4.79 Å². The monoisotopic (exact) mass is 320 g/mol. The van der Waals surface area contributed by atoms with Gasteiger partial charge in [0.2, 0.25) is 0 Å². The van der Waals surface area contributed by atoms with Crippen molar-refractivity contribution in [2.24, 2.45) is 7.05 Å². The quantitative estimate of drug-likeness (QED) is 0.889. The maximum atomic E-state index is 11.8. The Morgan fingerprint density at radius 2 is 1.95 bits per heavy atom. The van der Waals surface area contributed by atoms with Crippen molar-refractivity contribution in [3.05, 3.63) is 52.3 Å². The highest BCUT2D eigenvalue weighted by Crippen LogP contribution is 2.15. The fourth-order valence-electron chi connectivity index (χ4n) is 2.25. The number of aryl methyl sites for hydroxylation is 1. The van der Waals surface area contributed by atoms with Crippen molar-refractivity contribution in [3.8, 4) is 5.75 Å². The Bertz CT molecular complexity index is 647. The molecule has 0 bridgehead atoms. The first-order chi connectivity index (χ1) is 10.5. The van der Waals surface area contributed by atoms with Crippen molar-refractivity contribution >= 4 is 17.5 Å². The Kier molecular flexibility index (Phi) is 5.50. The number of hydrogen-bond donors (Lipinski definition) is 1. The van der Waals surface area contributed by atoms with Gasteiger partial charge in [0, 0.05) is 30.0 Å². The molecule has 0 saturated carbocycles. The van der Waals surface area contributed by atoms with Gasteiger partial charge < -0.3 is 14.6 Å². The molecule has 0 radical (unpaired) electrons. The summed E-state index contributed by atoms with van der Waals surface area (Å²) in [5, 5.41) is 3.51. The van der Waals surface area contributed by atoms with Gasteiger partial charge in [-0.1, -0.05) is 11.6 Å². The highest BCUT2D eigenvalue weighted by atomic mass is 35.5. The first kappa shape index (κ1) is 16.4. The van der Waals surface area contributed by atoms with E-state index in [1.807, 2.05) is 7.05 Å². The third kappa shape index (κ3) is 4.28. The zero-order valence-corrected chi connectivity index (χ0v) is 13.9. The third-order valence-corrected chi connectivity index (χ3v) is 4.03. The summed E-state index contributed by atoms with van der Waals surface area (Å²) in [5.41, 5.74) is 3.73. The number of rotatable bonds is 6. The molecule has 0 aliphatic heterocycles. The minimum atomic E-state index is -0.125. The van der Waals surface area contributed by atoms with Crippen LogP contribution in [0.5, 0.6) is 5.75 Å². The van der Waals surface area contributed by atoms with Gasteiger partial charge >= 0.3 is 0 Å². The van der Waals surface area contributed by atoms with E-state index in [0.717, 1.165) is 6.42 Å². The summed E-state index contributed by atoms with van der Waals surface area (Å²) in [7, 11) is 2.05. The molecule has 0 unspecified atom stereocenters. The average Bonchev–Trinajstić information content (AvgIpc) is 2.74. The van der Waals surface area contributed by atoms with Gasteiger partial charge in [-0.05, 0) is 56.2 Å². The molecule has 1 heterocycles. The van der Waals surface area contributed by atoms with Crippen LogP contribution < -0.4 is 10.1 Å². The Morgan fingerprint density at radius 1 is 1.27 bits per heavy atom. The molecule has 4 nitrogen and oxygen atoms in total. The Labute approximate surface area is 136 Å². The first-order valence-electron chi connectivity index (χ1n) is 7.24. The molecule has 22 heavy (non-hydrogen) atoms. The minimum Gasteiger partial charge on any atom is -0.484 e. The summed E-state index contributed by atoms with van der Waals surface area (Å²) in [4.78, 5) is 11.8. The summed E-state index contributed by atoms with van der Waals surface area (Å²) in [5.74, 6) is 0.509. The van der Waals surface area contributed by atoms with E-state index in [1.54, 1.807) is 24.3 Å². The van der Waals surface area contributed by atoms with Gasteiger partial charge in [-0.25, -0.2) is 0 Å². The number of amides is 1. The number of nitrogens with zero attached hydrogens (tertiary/aromatic N) is 1. The van der Waals surface area contributed by atoms with Crippen molar-refractivity contribution in [1.82, 2.24) is 9.88 Å². The van der Waals surface area contributed by atoms with E-state index < -0.39 is 0 Å². The van der Waals surface area contributed by atoms with Gasteiger partial charge in [-0.15, -0.1) is 0 Å². The van der Waals surface area contributed by atoms with Crippen molar-refractivity contribution in [3.63, 3.8) is 0 Å². The molecule has 2 aromatic rings.